The Morgan fingerprint density at radius 3 is 2.00 bits per heavy atom. The fraction of sp³-hybridized carbons (Fsp3) is 0.450. The molecule has 0 aliphatic rings. The van der Waals surface area contributed by atoms with Crippen LogP contribution in [0.2, 0.25) is 0 Å². The van der Waals surface area contributed by atoms with Gasteiger partial charge >= 0.3 is 11.9 Å². The first-order valence-electron chi connectivity index (χ1n) is 9.66. The predicted octanol–water partition coefficient (Wildman–Crippen LogP) is -1.000. The molecule has 4 unspecified atom stereocenters. The number of hydrogen-bond donors (Lipinski definition) is 6. The van der Waals surface area contributed by atoms with Crippen molar-refractivity contribution < 1.29 is 34.2 Å². The van der Waals surface area contributed by atoms with E-state index in [0.717, 1.165) is 5.56 Å². The molecule has 0 aliphatic carbocycles. The molecule has 1 aromatic carbocycles. The summed E-state index contributed by atoms with van der Waals surface area (Å²) in [5.41, 5.74) is 6.45. The lowest BCUT2D eigenvalue weighted by atomic mass is 10.0. The molecule has 11 heteroatoms. The summed E-state index contributed by atoms with van der Waals surface area (Å²) in [6.07, 6.45) is -0.306. The Kier molecular flexibility index (Phi) is 10.1. The third-order valence-corrected chi connectivity index (χ3v) is 4.40. The SMILES string of the molecule is CC(NC(=O)C(C)NC(=O)C(Cc1ccccc1)NC(=O)C(N)CCC(=O)O)C(=O)O. The fourth-order valence-corrected chi connectivity index (χ4v) is 2.53. The molecule has 0 spiro atoms. The maximum atomic E-state index is 12.7. The lowest BCUT2D eigenvalue weighted by Gasteiger charge is -2.23. The minimum atomic E-state index is -1.23. The second-order valence-electron chi connectivity index (χ2n) is 7.09. The highest BCUT2D eigenvalue weighted by atomic mass is 16.4. The maximum Gasteiger partial charge on any atom is 0.325 e. The van der Waals surface area contributed by atoms with Gasteiger partial charge in [-0.2, -0.15) is 0 Å². The van der Waals surface area contributed by atoms with Gasteiger partial charge in [-0.25, -0.2) is 0 Å². The van der Waals surface area contributed by atoms with E-state index in [1.165, 1.54) is 13.8 Å². The molecule has 3 amide bonds. The first-order valence-corrected chi connectivity index (χ1v) is 9.66. The number of nitrogens with one attached hydrogen (secondary N) is 3. The smallest absolute Gasteiger partial charge is 0.325 e. The topological polar surface area (TPSA) is 188 Å². The number of carboxylic acid groups (broad SMARTS) is 2. The number of hydrogen-bond acceptors (Lipinski definition) is 6. The molecule has 0 aromatic heterocycles. The molecule has 1 aromatic rings. The molecule has 31 heavy (non-hydrogen) atoms. The fourth-order valence-electron chi connectivity index (χ4n) is 2.53. The third-order valence-electron chi connectivity index (χ3n) is 4.40. The highest BCUT2D eigenvalue weighted by Crippen LogP contribution is 2.05. The Bertz CT molecular complexity index is 800. The molecule has 170 valence electrons. The van der Waals surface area contributed by atoms with Crippen LogP contribution in [0, 0.1) is 0 Å². The Labute approximate surface area is 179 Å². The van der Waals surface area contributed by atoms with E-state index >= 15 is 0 Å². The Hall–Kier alpha value is -3.47. The van der Waals surface area contributed by atoms with Crippen LogP contribution in [0.25, 0.3) is 0 Å². The highest BCUT2D eigenvalue weighted by Gasteiger charge is 2.27. The van der Waals surface area contributed by atoms with Crippen LogP contribution in [0.5, 0.6) is 0 Å². The zero-order chi connectivity index (χ0) is 23.6. The summed E-state index contributed by atoms with van der Waals surface area (Å²) in [6, 6.07) is 4.39. The standard InChI is InChI=1S/C20H28N4O7/c1-11(17(27)23-12(2)20(30)31)22-19(29)15(10-13-6-4-3-5-7-13)24-18(28)14(21)8-9-16(25)26/h3-7,11-12,14-15H,8-10,21H2,1-2H3,(H,22,29)(H,23,27)(H,24,28)(H,25,26)(H,30,31). The summed E-state index contributed by atoms with van der Waals surface area (Å²) in [4.78, 5) is 58.7. The maximum absolute atomic E-state index is 12.7. The van der Waals surface area contributed by atoms with Crippen molar-refractivity contribution in [3.8, 4) is 0 Å². The summed E-state index contributed by atoms with van der Waals surface area (Å²) in [5.74, 6) is -4.40. The zero-order valence-corrected chi connectivity index (χ0v) is 17.3. The number of amides is 3. The Morgan fingerprint density at radius 2 is 1.45 bits per heavy atom. The second kappa shape index (κ2) is 12.3. The lowest BCUT2D eigenvalue weighted by molar-refractivity contribution is -0.141. The van der Waals surface area contributed by atoms with Gasteiger partial charge in [-0.3, -0.25) is 24.0 Å². The molecule has 1 rings (SSSR count). The van der Waals surface area contributed by atoms with Crippen molar-refractivity contribution in [2.75, 3.05) is 0 Å². The number of carboxylic acids is 2. The predicted molar refractivity (Wildman–Crippen MR) is 110 cm³/mol. The largest absolute Gasteiger partial charge is 0.481 e. The molecule has 0 radical (unpaired) electrons. The molecule has 7 N–H and O–H groups in total. The van der Waals surface area contributed by atoms with Crippen LogP contribution >= 0.6 is 0 Å². The van der Waals surface area contributed by atoms with Crippen molar-refractivity contribution in [1.82, 2.24) is 16.0 Å². The van der Waals surface area contributed by atoms with Crippen molar-refractivity contribution in [3.05, 3.63) is 35.9 Å². The van der Waals surface area contributed by atoms with Gasteiger partial charge in [0, 0.05) is 12.8 Å². The van der Waals surface area contributed by atoms with E-state index in [-0.39, 0.29) is 19.3 Å². The molecular formula is C20H28N4O7. The lowest BCUT2D eigenvalue weighted by Crippen LogP contribution is -2.56. The van der Waals surface area contributed by atoms with Crippen molar-refractivity contribution in [2.45, 2.75) is 57.3 Å². The number of aliphatic carboxylic acids is 2. The minimum Gasteiger partial charge on any atom is -0.481 e. The zero-order valence-electron chi connectivity index (χ0n) is 17.3. The van der Waals surface area contributed by atoms with E-state index < -0.39 is 53.8 Å². The number of rotatable bonds is 12. The molecule has 0 aliphatic heterocycles. The van der Waals surface area contributed by atoms with Crippen LogP contribution in [0.3, 0.4) is 0 Å². The van der Waals surface area contributed by atoms with Crippen molar-refractivity contribution >= 4 is 29.7 Å². The van der Waals surface area contributed by atoms with Gasteiger partial charge in [0.15, 0.2) is 0 Å². The van der Waals surface area contributed by atoms with E-state index in [1.54, 1.807) is 30.3 Å². The quantitative estimate of drug-likeness (QED) is 0.240. The van der Waals surface area contributed by atoms with Crippen LogP contribution in [0.1, 0.15) is 32.3 Å². The molecular weight excluding hydrogens is 408 g/mol. The number of benzene rings is 1. The van der Waals surface area contributed by atoms with Crippen LogP contribution in [0.15, 0.2) is 30.3 Å². The number of carbonyl (C=O) groups excluding carboxylic acids is 3. The van der Waals surface area contributed by atoms with Gasteiger partial charge in [-0.05, 0) is 25.8 Å². The highest BCUT2D eigenvalue weighted by molar-refractivity contribution is 5.94. The molecule has 11 nitrogen and oxygen atoms in total. The van der Waals surface area contributed by atoms with Crippen LogP contribution in [-0.2, 0) is 30.4 Å². The summed E-state index contributed by atoms with van der Waals surface area (Å²) in [6.45, 7) is 2.66. The van der Waals surface area contributed by atoms with Gasteiger partial charge in [0.2, 0.25) is 17.7 Å². The number of nitrogens with two attached hydrogens (primary N) is 1. The molecule has 0 bridgehead atoms. The summed E-state index contributed by atoms with van der Waals surface area (Å²) in [7, 11) is 0. The first kappa shape index (κ1) is 25.6. The van der Waals surface area contributed by atoms with Gasteiger partial charge in [-0.1, -0.05) is 30.3 Å². The molecule has 4 atom stereocenters. The Balaban J connectivity index is 2.85. The summed E-state index contributed by atoms with van der Waals surface area (Å²) < 4.78 is 0. The number of carbonyl (C=O) groups is 5. The minimum absolute atomic E-state index is 0.101. The van der Waals surface area contributed by atoms with E-state index in [4.69, 9.17) is 15.9 Å². The summed E-state index contributed by atoms with van der Waals surface area (Å²) in [5, 5.41) is 24.8. The van der Waals surface area contributed by atoms with E-state index in [9.17, 15) is 24.0 Å². The normalized spacial score (nSPS) is 14.4. The van der Waals surface area contributed by atoms with E-state index in [1.807, 2.05) is 0 Å². The second-order valence-corrected chi connectivity index (χ2v) is 7.09. The van der Waals surface area contributed by atoms with E-state index in [2.05, 4.69) is 16.0 Å². The third kappa shape index (κ3) is 9.26. The van der Waals surface area contributed by atoms with Crippen molar-refractivity contribution in [2.24, 2.45) is 5.73 Å². The average Bonchev–Trinajstić information content (AvgIpc) is 2.71. The van der Waals surface area contributed by atoms with E-state index in [0.29, 0.717) is 0 Å². The van der Waals surface area contributed by atoms with Crippen LogP contribution in [-0.4, -0.2) is 64.0 Å². The van der Waals surface area contributed by atoms with Gasteiger partial charge in [0.1, 0.15) is 18.1 Å². The molecule has 0 fully saturated rings. The van der Waals surface area contributed by atoms with Crippen LogP contribution in [0.4, 0.5) is 0 Å². The molecule has 0 heterocycles. The van der Waals surface area contributed by atoms with Gasteiger partial charge in [-0.15, -0.1) is 0 Å². The molecule has 0 saturated heterocycles. The van der Waals surface area contributed by atoms with Gasteiger partial charge in [0.25, 0.3) is 0 Å². The van der Waals surface area contributed by atoms with Crippen molar-refractivity contribution in [3.63, 3.8) is 0 Å². The van der Waals surface area contributed by atoms with Gasteiger partial charge in [0.05, 0.1) is 6.04 Å². The first-order chi connectivity index (χ1) is 14.5. The summed E-state index contributed by atoms with van der Waals surface area (Å²) >= 11 is 0. The van der Waals surface area contributed by atoms with Crippen molar-refractivity contribution in [1.29, 1.82) is 0 Å². The average molecular weight is 436 g/mol. The van der Waals surface area contributed by atoms with Gasteiger partial charge < -0.3 is 31.9 Å². The monoisotopic (exact) mass is 436 g/mol. The van der Waals surface area contributed by atoms with Crippen LogP contribution < -0.4 is 21.7 Å². The Morgan fingerprint density at radius 1 is 0.871 bits per heavy atom. The molecule has 0 saturated carbocycles.